The van der Waals surface area contributed by atoms with Gasteiger partial charge in [0, 0.05) is 11.1 Å². The second-order valence-corrected chi connectivity index (χ2v) is 15.1. The molecule has 4 aliphatic heterocycles. The average Bonchev–Trinajstić information content (AvgIpc) is 3.75. The molecular formula is C42H46N2O10. The summed E-state index contributed by atoms with van der Waals surface area (Å²) in [6.45, 7) is 2.14. The van der Waals surface area contributed by atoms with E-state index in [2.05, 4.69) is 66.6 Å². The van der Waals surface area contributed by atoms with E-state index in [1.807, 2.05) is 72.8 Å². The molecule has 4 unspecified atom stereocenters. The topological polar surface area (TPSA) is 136 Å². The van der Waals surface area contributed by atoms with Crippen LogP contribution >= 0.6 is 0 Å². The molecule has 2 spiro atoms. The van der Waals surface area contributed by atoms with Gasteiger partial charge in [-0.3, -0.25) is 9.47 Å². The fraction of sp³-hybridized carbons (Fsp3) is 0.333. The Labute approximate surface area is 315 Å². The van der Waals surface area contributed by atoms with Gasteiger partial charge >= 0.3 is 0 Å². The zero-order valence-electron chi connectivity index (χ0n) is 31.4. The minimum atomic E-state index is -1.55. The number of carbonyl (C=O) groups is 2. The fourth-order valence-electron chi connectivity index (χ4n) is 6.63. The van der Waals surface area contributed by atoms with E-state index in [9.17, 15) is 19.8 Å². The minimum Gasteiger partial charge on any atom is -0.545 e. The van der Waals surface area contributed by atoms with E-state index in [4.69, 9.17) is 28.4 Å². The van der Waals surface area contributed by atoms with Gasteiger partial charge in [0.2, 0.25) is 24.0 Å². The van der Waals surface area contributed by atoms with Gasteiger partial charge in [0.05, 0.1) is 65.4 Å². The van der Waals surface area contributed by atoms with Crippen molar-refractivity contribution >= 4 is 11.9 Å². The monoisotopic (exact) mass is 738 g/mol. The van der Waals surface area contributed by atoms with E-state index < -0.39 is 23.5 Å². The number of benzene rings is 4. The number of fused-ring (bicyclic) bond motifs is 8. The van der Waals surface area contributed by atoms with Crippen LogP contribution in [0, 0.1) is 0 Å². The van der Waals surface area contributed by atoms with Crippen LogP contribution in [0.1, 0.15) is 33.4 Å². The third-order valence-electron chi connectivity index (χ3n) is 9.54. The quantitative estimate of drug-likeness (QED) is 0.227. The molecule has 0 saturated carbocycles. The van der Waals surface area contributed by atoms with Crippen molar-refractivity contribution in [3.8, 4) is 11.5 Å². The molecule has 0 aromatic heterocycles. The number of nitrogens with zero attached hydrogens (tertiary/aromatic N) is 2. The number of hydrogen-bond donors (Lipinski definition) is 0. The summed E-state index contributed by atoms with van der Waals surface area (Å²) in [6, 6.07) is 32.4. The van der Waals surface area contributed by atoms with Gasteiger partial charge in [-0.15, -0.1) is 0 Å². The Bertz CT molecular complexity index is 1780. The summed E-state index contributed by atoms with van der Waals surface area (Å²) in [7, 11) is 12.7. The van der Waals surface area contributed by atoms with Gasteiger partial charge in [-0.05, 0) is 47.5 Å². The van der Waals surface area contributed by atoms with Crippen molar-refractivity contribution in [3.63, 3.8) is 0 Å². The van der Waals surface area contributed by atoms with Crippen LogP contribution in [0.3, 0.4) is 0 Å². The van der Waals surface area contributed by atoms with E-state index in [0.29, 0.717) is 47.5 Å². The number of para-hydroxylation sites is 2. The summed E-state index contributed by atoms with van der Waals surface area (Å²) in [5.41, 5.74) is 6.18. The zero-order valence-corrected chi connectivity index (χ0v) is 31.4. The van der Waals surface area contributed by atoms with E-state index in [1.165, 1.54) is 0 Å². The highest BCUT2D eigenvalue weighted by Gasteiger charge is 2.54. The molecule has 0 radical (unpaired) electrons. The molecule has 0 bridgehead atoms. The van der Waals surface area contributed by atoms with Crippen molar-refractivity contribution in [2.75, 3.05) is 55.5 Å². The van der Waals surface area contributed by atoms with E-state index in [1.54, 1.807) is 0 Å². The normalized spacial score (nSPS) is 23.8. The summed E-state index contributed by atoms with van der Waals surface area (Å²) >= 11 is 0. The largest absolute Gasteiger partial charge is 0.545 e. The molecule has 2 saturated heterocycles. The molecule has 4 aliphatic rings. The Kier molecular flexibility index (Phi) is 11.0. The van der Waals surface area contributed by atoms with Crippen molar-refractivity contribution in [1.29, 1.82) is 0 Å². The summed E-state index contributed by atoms with van der Waals surface area (Å²) < 4.78 is 39.2. The third-order valence-corrected chi connectivity index (χ3v) is 9.54. The number of ether oxygens (including phenoxy) is 6. The number of carboxylic acid groups (broad SMARTS) is 2. The van der Waals surface area contributed by atoms with Crippen LogP contribution < -0.4 is 19.7 Å². The number of quaternary nitrogens is 2. The summed E-state index contributed by atoms with van der Waals surface area (Å²) in [5, 5.41) is 18.8. The lowest BCUT2D eigenvalue weighted by atomic mass is 9.93. The molecule has 284 valence electrons. The first-order valence-electron chi connectivity index (χ1n) is 17.6. The van der Waals surface area contributed by atoms with Crippen molar-refractivity contribution in [3.05, 3.63) is 143 Å². The maximum atomic E-state index is 9.41. The van der Waals surface area contributed by atoms with Crippen LogP contribution in [-0.2, 0) is 53.3 Å². The van der Waals surface area contributed by atoms with Gasteiger partial charge in [0.1, 0.15) is 37.9 Å². The molecule has 4 atom stereocenters. The number of carbonyl (C=O) groups excluding carboxylic acids is 2. The molecule has 2 fully saturated rings. The molecule has 0 amide bonds. The Morgan fingerprint density at radius 2 is 0.889 bits per heavy atom. The van der Waals surface area contributed by atoms with Crippen molar-refractivity contribution in [1.82, 2.24) is 0 Å². The first-order valence-corrected chi connectivity index (χ1v) is 17.6. The predicted octanol–water partition coefficient (Wildman–Crippen LogP) is 2.76. The molecular weight excluding hydrogens is 692 g/mol. The van der Waals surface area contributed by atoms with Crippen molar-refractivity contribution < 1.29 is 57.2 Å². The first-order chi connectivity index (χ1) is 25.6. The van der Waals surface area contributed by atoms with E-state index >= 15 is 0 Å². The highest BCUT2D eigenvalue weighted by molar-refractivity contribution is 5.87. The number of hydrogen-bond acceptors (Lipinski definition) is 10. The van der Waals surface area contributed by atoms with Crippen LogP contribution in [-0.4, -0.2) is 88.9 Å². The van der Waals surface area contributed by atoms with Gasteiger partial charge in [0.25, 0.3) is 0 Å². The standard InChI is InChI=1S/2C19H22NO3.C4H4O4/c2*1-20(2,3)18-13-22-19(23-18)15-9-5-4-8-14(15)12-21-17-11-7-6-10-16(17)19;5-3(6)1-2-4(7)8/h2*4-11,18H,12-13H2,1-3H3;1-2H,(H,5,6)(H,7,8)/q2*+1;/p-2/b;;2-1-. The molecule has 4 aromatic rings. The highest BCUT2D eigenvalue weighted by atomic mass is 16.8. The van der Waals surface area contributed by atoms with Gasteiger partial charge in [-0.2, -0.15) is 0 Å². The predicted molar refractivity (Wildman–Crippen MR) is 193 cm³/mol. The Morgan fingerprint density at radius 1 is 0.556 bits per heavy atom. The lowest BCUT2D eigenvalue weighted by molar-refractivity contribution is -0.917. The molecule has 0 N–H and O–H groups in total. The van der Waals surface area contributed by atoms with Crippen LogP contribution in [0.4, 0.5) is 0 Å². The van der Waals surface area contributed by atoms with Gasteiger partial charge in [-0.1, -0.05) is 72.8 Å². The third kappa shape index (κ3) is 7.90. The SMILES string of the molecule is C[N+](C)(C)C1COC2(O1)c1ccccc1COc1ccccc12.C[N+](C)(C)C1COC2(O1)c1ccccc1COc1ccccc12.O=C([O-])/C=C\C(=O)[O-]. The molecule has 0 aliphatic carbocycles. The number of likely N-dealkylation sites (N-methyl/N-ethyl adjacent to an activating group) is 2. The molecule has 12 nitrogen and oxygen atoms in total. The lowest BCUT2D eigenvalue weighted by Crippen LogP contribution is -2.47. The summed E-state index contributed by atoms with van der Waals surface area (Å²) in [6.07, 6.45) is 0.702. The van der Waals surface area contributed by atoms with Crippen molar-refractivity contribution in [2.45, 2.75) is 37.2 Å². The smallest absolute Gasteiger partial charge is 0.232 e. The van der Waals surface area contributed by atoms with Crippen LogP contribution in [0.15, 0.2) is 109 Å². The second kappa shape index (κ2) is 15.3. The highest BCUT2D eigenvalue weighted by Crippen LogP contribution is 2.49. The molecule has 8 rings (SSSR count). The lowest BCUT2D eigenvalue weighted by Gasteiger charge is -2.33. The number of carboxylic acids is 2. The minimum absolute atomic E-state index is 0.0331. The molecule has 54 heavy (non-hydrogen) atoms. The molecule has 12 heteroatoms. The first kappa shape index (κ1) is 38.6. The Morgan fingerprint density at radius 3 is 1.22 bits per heavy atom. The fourth-order valence-corrected chi connectivity index (χ4v) is 6.63. The second-order valence-electron chi connectivity index (χ2n) is 15.1. The van der Waals surface area contributed by atoms with Crippen LogP contribution in [0.25, 0.3) is 0 Å². The van der Waals surface area contributed by atoms with Crippen LogP contribution in [0.5, 0.6) is 11.5 Å². The van der Waals surface area contributed by atoms with Gasteiger partial charge in [-0.25, -0.2) is 0 Å². The average molecular weight is 739 g/mol. The van der Waals surface area contributed by atoms with E-state index in [0.717, 1.165) is 44.9 Å². The summed E-state index contributed by atoms with van der Waals surface area (Å²) in [4.78, 5) is 18.8. The van der Waals surface area contributed by atoms with Crippen molar-refractivity contribution in [2.24, 2.45) is 0 Å². The number of aliphatic carboxylic acids is 2. The van der Waals surface area contributed by atoms with Crippen LogP contribution in [0.2, 0.25) is 0 Å². The molecule has 4 heterocycles. The maximum absolute atomic E-state index is 9.41. The summed E-state index contributed by atoms with van der Waals surface area (Å²) in [5.74, 6) is -3.22. The Balaban J connectivity index is 0.000000154. The molecule has 4 aromatic carbocycles. The van der Waals surface area contributed by atoms with Gasteiger partial charge < -0.3 is 47.7 Å². The Hall–Kier alpha value is -5.08. The van der Waals surface area contributed by atoms with Gasteiger partial charge in [0.15, 0.2) is 0 Å². The van der Waals surface area contributed by atoms with E-state index in [-0.39, 0.29) is 12.5 Å². The number of rotatable bonds is 4. The zero-order chi connectivity index (χ0) is 38.7. The maximum Gasteiger partial charge on any atom is 0.232 e.